The smallest absolute Gasteiger partial charge is 0.281 e. The number of piperazine rings is 1. The standard InChI is InChI=1S/C24H35F2N5O3S/c1-4-5-6-7-8-9-10-22-23(29-11-13-30(14-12-29)35(33,34)28(2)3)18-27-31(24(22)32)21-16-19(25)15-20(26)17-21/h15-18H,4-14H2,1-3H3. The van der Waals surface area contributed by atoms with Crippen LogP contribution in [0.4, 0.5) is 14.5 Å². The summed E-state index contributed by atoms with van der Waals surface area (Å²) in [7, 11) is -0.514. The first-order chi connectivity index (χ1) is 16.6. The van der Waals surface area contributed by atoms with E-state index in [0.29, 0.717) is 30.8 Å². The second-order valence-electron chi connectivity index (χ2n) is 9.05. The lowest BCUT2D eigenvalue weighted by molar-refractivity contribution is 0.355. The minimum atomic E-state index is -3.51. The summed E-state index contributed by atoms with van der Waals surface area (Å²) < 4.78 is 56.2. The van der Waals surface area contributed by atoms with Crippen molar-refractivity contribution in [2.75, 3.05) is 45.2 Å². The Morgan fingerprint density at radius 3 is 2.14 bits per heavy atom. The Labute approximate surface area is 206 Å². The molecule has 0 amide bonds. The molecule has 1 aromatic carbocycles. The van der Waals surface area contributed by atoms with Gasteiger partial charge in [-0.2, -0.15) is 26.8 Å². The van der Waals surface area contributed by atoms with Crippen LogP contribution in [0.3, 0.4) is 0 Å². The molecule has 0 spiro atoms. The summed E-state index contributed by atoms with van der Waals surface area (Å²) >= 11 is 0. The van der Waals surface area contributed by atoms with Crippen molar-refractivity contribution in [2.24, 2.45) is 0 Å². The maximum absolute atomic E-state index is 13.8. The summed E-state index contributed by atoms with van der Waals surface area (Å²) in [5.41, 5.74) is 0.803. The number of hydrogen-bond donors (Lipinski definition) is 0. The molecule has 0 bridgehead atoms. The molecule has 11 heteroatoms. The summed E-state index contributed by atoms with van der Waals surface area (Å²) in [6.45, 7) is 3.56. The zero-order chi connectivity index (χ0) is 25.6. The Morgan fingerprint density at radius 1 is 0.943 bits per heavy atom. The molecule has 1 aromatic heterocycles. The Kier molecular flexibility index (Phi) is 9.37. The Morgan fingerprint density at radius 2 is 1.54 bits per heavy atom. The first kappa shape index (κ1) is 27.2. The van der Waals surface area contributed by atoms with E-state index >= 15 is 0 Å². The summed E-state index contributed by atoms with van der Waals surface area (Å²) in [5.74, 6) is -1.57. The van der Waals surface area contributed by atoms with Crippen LogP contribution in [0, 0.1) is 11.6 Å². The van der Waals surface area contributed by atoms with Crippen LogP contribution in [0.2, 0.25) is 0 Å². The third-order valence-corrected chi connectivity index (χ3v) is 8.24. The summed E-state index contributed by atoms with van der Waals surface area (Å²) in [6.07, 6.45) is 8.40. The minimum Gasteiger partial charge on any atom is -0.367 e. The lowest BCUT2D eigenvalue weighted by Crippen LogP contribution is -2.52. The fourth-order valence-electron chi connectivity index (χ4n) is 4.31. The van der Waals surface area contributed by atoms with Gasteiger partial charge in [-0.3, -0.25) is 4.79 Å². The van der Waals surface area contributed by atoms with Crippen molar-refractivity contribution in [3.63, 3.8) is 0 Å². The average Bonchev–Trinajstić information content (AvgIpc) is 2.81. The van der Waals surface area contributed by atoms with Gasteiger partial charge in [0.2, 0.25) is 0 Å². The first-order valence-electron chi connectivity index (χ1n) is 12.2. The molecule has 2 aromatic rings. The highest BCUT2D eigenvalue weighted by atomic mass is 32.2. The number of unbranched alkanes of at least 4 members (excludes halogenated alkanes) is 5. The molecule has 2 heterocycles. The molecule has 0 unspecified atom stereocenters. The van der Waals surface area contributed by atoms with Gasteiger partial charge in [-0.25, -0.2) is 8.78 Å². The van der Waals surface area contributed by atoms with Crippen molar-refractivity contribution in [2.45, 2.75) is 51.9 Å². The Bertz CT molecular complexity index is 1140. The zero-order valence-electron chi connectivity index (χ0n) is 20.7. The lowest BCUT2D eigenvalue weighted by Gasteiger charge is -2.37. The largest absolute Gasteiger partial charge is 0.367 e. The molecule has 3 rings (SSSR count). The molecule has 1 saturated heterocycles. The van der Waals surface area contributed by atoms with E-state index in [4.69, 9.17) is 0 Å². The van der Waals surface area contributed by atoms with Crippen molar-refractivity contribution in [3.8, 4) is 5.69 Å². The van der Waals surface area contributed by atoms with E-state index in [1.807, 2.05) is 4.90 Å². The molecule has 8 nitrogen and oxygen atoms in total. The van der Waals surface area contributed by atoms with Gasteiger partial charge in [0.15, 0.2) is 0 Å². The Hall–Kier alpha value is -2.37. The van der Waals surface area contributed by atoms with Gasteiger partial charge >= 0.3 is 0 Å². The van der Waals surface area contributed by atoms with Gasteiger partial charge in [0.1, 0.15) is 11.6 Å². The van der Waals surface area contributed by atoms with E-state index in [0.717, 1.165) is 55.0 Å². The minimum absolute atomic E-state index is 0.0325. The maximum Gasteiger partial charge on any atom is 0.281 e. The number of benzene rings is 1. The van der Waals surface area contributed by atoms with E-state index in [1.165, 1.54) is 29.1 Å². The third kappa shape index (κ3) is 6.65. The van der Waals surface area contributed by atoms with Gasteiger partial charge in [0.25, 0.3) is 15.8 Å². The SMILES string of the molecule is CCCCCCCCc1c(N2CCN(S(=O)(=O)N(C)C)CC2)cnn(-c2cc(F)cc(F)c2)c1=O. The molecule has 0 radical (unpaired) electrons. The van der Waals surface area contributed by atoms with Crippen LogP contribution in [0.5, 0.6) is 0 Å². The number of aromatic nitrogens is 2. The Balaban J connectivity index is 1.87. The zero-order valence-corrected chi connectivity index (χ0v) is 21.5. The van der Waals surface area contributed by atoms with Gasteiger partial charge in [-0.15, -0.1) is 0 Å². The number of anilines is 1. The van der Waals surface area contributed by atoms with Gasteiger partial charge in [-0.1, -0.05) is 39.0 Å². The average molecular weight is 512 g/mol. The second kappa shape index (κ2) is 12.0. The number of rotatable bonds is 11. The molecule has 194 valence electrons. The molecule has 0 saturated carbocycles. The van der Waals surface area contributed by atoms with Gasteiger partial charge < -0.3 is 4.90 Å². The predicted molar refractivity (Wildman–Crippen MR) is 133 cm³/mol. The van der Waals surface area contributed by atoms with Crippen molar-refractivity contribution in [3.05, 3.63) is 51.9 Å². The third-order valence-electron chi connectivity index (χ3n) is 6.29. The van der Waals surface area contributed by atoms with Crippen molar-refractivity contribution in [1.82, 2.24) is 18.4 Å². The highest BCUT2D eigenvalue weighted by Crippen LogP contribution is 2.23. The highest BCUT2D eigenvalue weighted by molar-refractivity contribution is 7.86. The molecule has 1 fully saturated rings. The molecule has 1 aliphatic rings. The van der Waals surface area contributed by atoms with Crippen LogP contribution < -0.4 is 10.5 Å². The predicted octanol–water partition coefficient (Wildman–Crippen LogP) is 3.34. The van der Waals surface area contributed by atoms with Crippen LogP contribution in [-0.2, 0) is 16.6 Å². The van der Waals surface area contributed by atoms with Crippen LogP contribution in [0.15, 0.2) is 29.2 Å². The lowest BCUT2D eigenvalue weighted by atomic mass is 10.0. The van der Waals surface area contributed by atoms with E-state index < -0.39 is 27.4 Å². The topological polar surface area (TPSA) is 78.8 Å². The number of hydrogen-bond acceptors (Lipinski definition) is 5. The van der Waals surface area contributed by atoms with E-state index in [2.05, 4.69) is 12.0 Å². The molecule has 0 atom stereocenters. The molecule has 0 N–H and O–H groups in total. The number of halogens is 2. The summed E-state index contributed by atoms with van der Waals surface area (Å²) in [5, 5.41) is 4.22. The van der Waals surface area contributed by atoms with Gasteiger partial charge in [0.05, 0.1) is 17.6 Å². The van der Waals surface area contributed by atoms with Crippen molar-refractivity contribution < 1.29 is 17.2 Å². The normalized spacial score (nSPS) is 15.2. The van der Waals surface area contributed by atoms with Gasteiger partial charge in [-0.05, 0) is 25.0 Å². The van der Waals surface area contributed by atoms with Crippen molar-refractivity contribution in [1.29, 1.82) is 0 Å². The second-order valence-corrected chi connectivity index (χ2v) is 11.2. The van der Waals surface area contributed by atoms with Gasteiger partial charge in [0, 0.05) is 51.9 Å². The van der Waals surface area contributed by atoms with E-state index in [9.17, 15) is 22.0 Å². The molecule has 1 aliphatic heterocycles. The fraction of sp³-hybridized carbons (Fsp3) is 0.583. The monoisotopic (exact) mass is 511 g/mol. The highest BCUT2D eigenvalue weighted by Gasteiger charge is 2.30. The molecule has 35 heavy (non-hydrogen) atoms. The maximum atomic E-state index is 13.8. The fourth-order valence-corrected chi connectivity index (χ4v) is 5.39. The molecular weight excluding hydrogens is 476 g/mol. The quantitative estimate of drug-likeness (QED) is 0.433. The van der Waals surface area contributed by atoms with E-state index in [1.54, 1.807) is 6.20 Å². The molecule has 0 aliphatic carbocycles. The molecular formula is C24H35F2N5O3S. The van der Waals surface area contributed by atoms with Crippen molar-refractivity contribution >= 4 is 15.9 Å². The van der Waals surface area contributed by atoms with Crippen LogP contribution in [0.25, 0.3) is 5.69 Å². The number of nitrogens with zero attached hydrogens (tertiary/aromatic N) is 5. The summed E-state index contributed by atoms with van der Waals surface area (Å²) in [6, 6.07) is 2.91. The van der Waals surface area contributed by atoms with Crippen LogP contribution in [-0.4, -0.2) is 67.1 Å². The van der Waals surface area contributed by atoms with E-state index in [-0.39, 0.29) is 18.8 Å². The first-order valence-corrected chi connectivity index (χ1v) is 13.5. The summed E-state index contributed by atoms with van der Waals surface area (Å²) in [4.78, 5) is 15.4. The van der Waals surface area contributed by atoms with Crippen LogP contribution >= 0.6 is 0 Å². The van der Waals surface area contributed by atoms with Crippen LogP contribution in [0.1, 0.15) is 51.0 Å².